The van der Waals surface area contributed by atoms with Crippen molar-refractivity contribution in [2.75, 3.05) is 26.2 Å². The van der Waals surface area contributed by atoms with Crippen LogP contribution in [0.1, 0.15) is 31.6 Å². The smallest absolute Gasteiger partial charge is 0.152 e. The van der Waals surface area contributed by atoms with Crippen LogP contribution in [-0.2, 0) is 6.54 Å². The molecule has 21 heavy (non-hydrogen) atoms. The predicted octanol–water partition coefficient (Wildman–Crippen LogP) is 2.80. The van der Waals surface area contributed by atoms with E-state index in [-0.39, 0.29) is 0 Å². The van der Waals surface area contributed by atoms with Crippen LogP contribution in [0.4, 0.5) is 0 Å². The van der Waals surface area contributed by atoms with Gasteiger partial charge in [0.15, 0.2) is 5.76 Å². The molecular formula is C16H26N4O. The van der Waals surface area contributed by atoms with Crippen molar-refractivity contribution in [3.8, 4) is 11.5 Å². The molecule has 0 aliphatic heterocycles. The van der Waals surface area contributed by atoms with Crippen molar-refractivity contribution in [3.05, 3.63) is 29.7 Å². The van der Waals surface area contributed by atoms with Crippen molar-refractivity contribution in [2.24, 2.45) is 0 Å². The number of nitrogens with zero attached hydrogens (tertiary/aromatic N) is 2. The van der Waals surface area contributed by atoms with Gasteiger partial charge in [-0.3, -0.25) is 5.10 Å². The molecule has 0 radical (unpaired) electrons. The van der Waals surface area contributed by atoms with Crippen molar-refractivity contribution in [2.45, 2.75) is 33.7 Å². The third-order valence-corrected chi connectivity index (χ3v) is 3.74. The average Bonchev–Trinajstić information content (AvgIpc) is 3.11. The van der Waals surface area contributed by atoms with Crippen LogP contribution >= 0.6 is 0 Å². The summed E-state index contributed by atoms with van der Waals surface area (Å²) in [6.07, 6.45) is 3.03. The van der Waals surface area contributed by atoms with Gasteiger partial charge in [-0.2, -0.15) is 5.10 Å². The highest BCUT2D eigenvalue weighted by atomic mass is 16.3. The van der Waals surface area contributed by atoms with E-state index in [0.717, 1.165) is 61.9 Å². The highest BCUT2D eigenvalue weighted by Crippen LogP contribution is 2.23. The minimum atomic E-state index is 0.809. The predicted molar refractivity (Wildman–Crippen MR) is 85.1 cm³/mol. The maximum absolute atomic E-state index is 5.65. The van der Waals surface area contributed by atoms with Crippen LogP contribution in [0, 0.1) is 6.92 Å². The van der Waals surface area contributed by atoms with Crippen LogP contribution in [0.2, 0.25) is 0 Å². The Morgan fingerprint density at radius 1 is 1.29 bits per heavy atom. The van der Waals surface area contributed by atoms with Gasteiger partial charge in [0.1, 0.15) is 11.5 Å². The SMILES string of the molecule is CCN(CC)CCCNCc1cn[nH]c1-c1ccc(C)o1. The highest BCUT2D eigenvalue weighted by molar-refractivity contribution is 5.56. The fourth-order valence-corrected chi connectivity index (χ4v) is 2.42. The molecule has 5 nitrogen and oxygen atoms in total. The third kappa shape index (κ3) is 4.44. The molecule has 2 aromatic heterocycles. The summed E-state index contributed by atoms with van der Waals surface area (Å²) in [6.45, 7) is 11.6. The maximum Gasteiger partial charge on any atom is 0.152 e. The fraction of sp³-hybridized carbons (Fsp3) is 0.562. The Hall–Kier alpha value is -1.59. The van der Waals surface area contributed by atoms with E-state index in [1.54, 1.807) is 0 Å². The van der Waals surface area contributed by atoms with Gasteiger partial charge in [0.2, 0.25) is 0 Å². The Kier molecular flexibility index (Phi) is 6.02. The fourth-order valence-electron chi connectivity index (χ4n) is 2.42. The first-order valence-electron chi connectivity index (χ1n) is 7.76. The van der Waals surface area contributed by atoms with Gasteiger partial charge in [-0.15, -0.1) is 0 Å². The molecule has 5 heteroatoms. The standard InChI is InChI=1S/C16H26N4O/c1-4-20(5-2)10-6-9-17-11-14-12-18-19-16(14)15-8-7-13(3)21-15/h7-8,12,17H,4-6,9-11H2,1-3H3,(H,18,19). The van der Waals surface area contributed by atoms with E-state index < -0.39 is 0 Å². The lowest BCUT2D eigenvalue weighted by molar-refractivity contribution is 0.298. The number of nitrogens with one attached hydrogen (secondary N) is 2. The van der Waals surface area contributed by atoms with Gasteiger partial charge in [-0.1, -0.05) is 13.8 Å². The van der Waals surface area contributed by atoms with Gasteiger partial charge in [0.05, 0.1) is 6.20 Å². The molecule has 2 N–H and O–H groups in total. The molecule has 0 saturated heterocycles. The van der Waals surface area contributed by atoms with Gasteiger partial charge in [0.25, 0.3) is 0 Å². The molecule has 0 fully saturated rings. The first-order chi connectivity index (χ1) is 10.2. The summed E-state index contributed by atoms with van der Waals surface area (Å²) in [7, 11) is 0. The molecule has 0 aliphatic carbocycles. The Balaban J connectivity index is 1.78. The number of hydrogen-bond acceptors (Lipinski definition) is 4. The van der Waals surface area contributed by atoms with E-state index in [1.807, 2.05) is 25.3 Å². The van der Waals surface area contributed by atoms with E-state index in [2.05, 4.69) is 34.3 Å². The van der Waals surface area contributed by atoms with Crippen LogP contribution in [0.25, 0.3) is 11.5 Å². The molecule has 2 heterocycles. The summed E-state index contributed by atoms with van der Waals surface area (Å²) >= 11 is 0. The van der Waals surface area contributed by atoms with Gasteiger partial charge in [-0.05, 0) is 51.7 Å². The minimum Gasteiger partial charge on any atom is -0.460 e. The molecule has 0 saturated carbocycles. The quantitative estimate of drug-likeness (QED) is 0.697. The molecule has 0 aromatic carbocycles. The summed E-state index contributed by atoms with van der Waals surface area (Å²) < 4.78 is 5.65. The third-order valence-electron chi connectivity index (χ3n) is 3.74. The first kappa shape index (κ1) is 15.8. The number of hydrogen-bond donors (Lipinski definition) is 2. The van der Waals surface area contributed by atoms with Crippen LogP contribution in [0.15, 0.2) is 22.7 Å². The topological polar surface area (TPSA) is 57.1 Å². The molecule has 0 bridgehead atoms. The van der Waals surface area contributed by atoms with Crippen molar-refractivity contribution >= 4 is 0 Å². The Bertz CT molecular complexity index is 528. The lowest BCUT2D eigenvalue weighted by atomic mass is 10.2. The lowest BCUT2D eigenvalue weighted by Crippen LogP contribution is -2.27. The second-order valence-electron chi connectivity index (χ2n) is 5.24. The highest BCUT2D eigenvalue weighted by Gasteiger charge is 2.10. The van der Waals surface area contributed by atoms with E-state index in [0.29, 0.717) is 0 Å². The summed E-state index contributed by atoms with van der Waals surface area (Å²) in [5.74, 6) is 1.77. The van der Waals surface area contributed by atoms with Gasteiger partial charge >= 0.3 is 0 Å². The minimum absolute atomic E-state index is 0.809. The zero-order valence-corrected chi connectivity index (χ0v) is 13.3. The van der Waals surface area contributed by atoms with Crippen LogP contribution in [0.3, 0.4) is 0 Å². The van der Waals surface area contributed by atoms with Crippen LogP contribution in [0.5, 0.6) is 0 Å². The zero-order valence-electron chi connectivity index (χ0n) is 13.3. The van der Waals surface area contributed by atoms with Crippen molar-refractivity contribution < 1.29 is 4.42 Å². The molecule has 0 amide bonds. The van der Waals surface area contributed by atoms with Gasteiger partial charge in [-0.25, -0.2) is 0 Å². The van der Waals surface area contributed by atoms with Crippen LogP contribution in [-0.4, -0.2) is 41.3 Å². The molecule has 0 atom stereocenters. The summed E-state index contributed by atoms with van der Waals surface area (Å²) in [6, 6.07) is 3.95. The lowest BCUT2D eigenvalue weighted by Gasteiger charge is -2.17. The molecule has 0 unspecified atom stereocenters. The Morgan fingerprint density at radius 3 is 2.76 bits per heavy atom. The normalized spacial score (nSPS) is 11.4. The molecular weight excluding hydrogens is 264 g/mol. The van der Waals surface area contributed by atoms with Gasteiger partial charge < -0.3 is 14.6 Å². The Morgan fingerprint density at radius 2 is 2.10 bits per heavy atom. The first-order valence-corrected chi connectivity index (χ1v) is 7.76. The number of H-pyrrole nitrogens is 1. The summed E-state index contributed by atoms with van der Waals surface area (Å²) in [5, 5.41) is 10.6. The van der Waals surface area contributed by atoms with Gasteiger partial charge in [0, 0.05) is 12.1 Å². The molecule has 116 valence electrons. The molecule has 2 rings (SSSR count). The van der Waals surface area contributed by atoms with E-state index in [9.17, 15) is 0 Å². The Labute approximate surface area is 126 Å². The van der Waals surface area contributed by atoms with E-state index in [4.69, 9.17) is 4.42 Å². The monoisotopic (exact) mass is 290 g/mol. The van der Waals surface area contributed by atoms with Crippen molar-refractivity contribution in [1.29, 1.82) is 0 Å². The molecule has 0 spiro atoms. The summed E-state index contributed by atoms with van der Waals surface area (Å²) in [4.78, 5) is 2.44. The van der Waals surface area contributed by atoms with E-state index in [1.165, 1.54) is 0 Å². The second-order valence-corrected chi connectivity index (χ2v) is 5.24. The second kappa shape index (κ2) is 8.00. The average molecular weight is 290 g/mol. The van der Waals surface area contributed by atoms with E-state index >= 15 is 0 Å². The molecule has 2 aromatic rings. The number of furan rings is 1. The van der Waals surface area contributed by atoms with Crippen molar-refractivity contribution in [3.63, 3.8) is 0 Å². The van der Waals surface area contributed by atoms with Crippen LogP contribution < -0.4 is 5.32 Å². The van der Waals surface area contributed by atoms with Crippen molar-refractivity contribution in [1.82, 2.24) is 20.4 Å². The number of aromatic amines is 1. The number of aryl methyl sites for hydroxylation is 1. The summed E-state index contributed by atoms with van der Waals surface area (Å²) in [5.41, 5.74) is 2.12. The zero-order chi connectivity index (χ0) is 15.1. The number of rotatable bonds is 9. The molecule has 0 aliphatic rings. The largest absolute Gasteiger partial charge is 0.460 e. The number of aromatic nitrogens is 2. The maximum atomic E-state index is 5.65.